The summed E-state index contributed by atoms with van der Waals surface area (Å²) in [6, 6.07) is 14.9. The van der Waals surface area contributed by atoms with Crippen molar-refractivity contribution in [3.63, 3.8) is 0 Å². The molecule has 1 saturated heterocycles. The molecule has 3 saturated carbocycles. The summed E-state index contributed by atoms with van der Waals surface area (Å²) in [5.41, 5.74) is 1.98. The molecule has 7 heteroatoms. The molecule has 3 heterocycles. The number of hydrogen-bond acceptors (Lipinski definition) is 6. The highest BCUT2D eigenvalue weighted by Crippen LogP contribution is 2.63. The minimum atomic E-state index is -0.950. The number of rotatable bonds is 9. The summed E-state index contributed by atoms with van der Waals surface area (Å²) in [5.74, 6) is 3.36. The number of allylic oxidation sites excluding steroid dienone is 1. The third-order valence-electron chi connectivity index (χ3n) is 10.4. The van der Waals surface area contributed by atoms with E-state index >= 15 is 0 Å². The van der Waals surface area contributed by atoms with Gasteiger partial charge in [-0.25, -0.2) is 0 Å². The van der Waals surface area contributed by atoms with Crippen LogP contribution in [0.25, 0.3) is 0 Å². The van der Waals surface area contributed by atoms with Crippen molar-refractivity contribution in [2.75, 3.05) is 13.7 Å². The number of ether oxygens (including phenoxy) is 1. The van der Waals surface area contributed by atoms with Gasteiger partial charge in [0.15, 0.2) is 5.78 Å². The fraction of sp³-hybridized carbons (Fsp3) is 0.429. The molecule has 42 heavy (non-hydrogen) atoms. The Morgan fingerprint density at radius 2 is 1.57 bits per heavy atom. The Morgan fingerprint density at radius 1 is 0.976 bits per heavy atom. The highest BCUT2D eigenvalue weighted by molar-refractivity contribution is 6.06. The average molecular weight is 565 g/mol. The first-order valence-electron chi connectivity index (χ1n) is 15.0. The molecule has 4 aliphatic rings. The number of pyridine rings is 2. The van der Waals surface area contributed by atoms with Gasteiger partial charge in [0, 0.05) is 55.8 Å². The highest BCUT2D eigenvalue weighted by Gasteiger charge is 2.57. The van der Waals surface area contributed by atoms with E-state index in [0.29, 0.717) is 65.6 Å². The van der Waals surface area contributed by atoms with Crippen molar-refractivity contribution in [1.29, 1.82) is 0 Å². The number of benzene rings is 1. The number of hydrogen-bond donors (Lipinski definition) is 1. The molecule has 7 rings (SSSR count). The van der Waals surface area contributed by atoms with Gasteiger partial charge in [-0.05, 0) is 102 Å². The first-order valence-corrected chi connectivity index (χ1v) is 15.0. The van der Waals surface area contributed by atoms with Gasteiger partial charge in [-0.3, -0.25) is 24.5 Å². The van der Waals surface area contributed by atoms with Gasteiger partial charge in [0.1, 0.15) is 17.1 Å². The summed E-state index contributed by atoms with van der Waals surface area (Å²) in [7, 11) is 1.60. The van der Waals surface area contributed by atoms with Crippen LogP contribution in [0.15, 0.2) is 85.2 Å². The number of fused-ring (bicyclic) bond motifs is 2. The maximum Gasteiger partial charge on any atom is 0.254 e. The van der Waals surface area contributed by atoms with Gasteiger partial charge in [-0.2, -0.15) is 0 Å². The molecular formula is C35H40N4O3. The van der Waals surface area contributed by atoms with Crippen molar-refractivity contribution >= 4 is 11.7 Å². The number of amides is 1. The second-order valence-corrected chi connectivity index (χ2v) is 13.0. The van der Waals surface area contributed by atoms with Crippen LogP contribution in [0.3, 0.4) is 0 Å². The molecule has 4 fully saturated rings. The Labute approximate surface area is 248 Å². The first kappa shape index (κ1) is 28.1. The van der Waals surface area contributed by atoms with Crippen LogP contribution in [0.1, 0.15) is 55.1 Å². The molecule has 1 amide bonds. The maximum absolute atomic E-state index is 14.7. The van der Waals surface area contributed by atoms with Crippen LogP contribution >= 0.6 is 0 Å². The number of carbonyl (C=O) groups is 2. The Balaban J connectivity index is 1.37. The molecule has 4 atom stereocenters. The first-order chi connectivity index (χ1) is 20.2. The molecule has 218 valence electrons. The highest BCUT2D eigenvalue weighted by atomic mass is 16.5. The van der Waals surface area contributed by atoms with Crippen molar-refractivity contribution in [1.82, 2.24) is 20.2 Å². The van der Waals surface area contributed by atoms with E-state index in [9.17, 15) is 9.59 Å². The average Bonchev–Trinajstić information content (AvgIpc) is 3.23. The van der Waals surface area contributed by atoms with Gasteiger partial charge in [-0.15, -0.1) is 0 Å². The fourth-order valence-electron chi connectivity index (χ4n) is 7.72. The molecule has 7 nitrogen and oxygen atoms in total. The lowest BCUT2D eigenvalue weighted by Gasteiger charge is -2.62. The Hall–Kier alpha value is -4.00. The van der Waals surface area contributed by atoms with Crippen LogP contribution in [-0.4, -0.2) is 45.8 Å². The van der Waals surface area contributed by atoms with E-state index < -0.39 is 5.54 Å². The molecule has 3 aliphatic carbocycles. The van der Waals surface area contributed by atoms with Crippen LogP contribution in [0.4, 0.5) is 0 Å². The second kappa shape index (κ2) is 11.0. The molecule has 1 aliphatic heterocycles. The molecule has 1 aromatic carbocycles. The molecule has 0 radical (unpaired) electrons. The van der Waals surface area contributed by atoms with E-state index in [-0.39, 0.29) is 11.7 Å². The van der Waals surface area contributed by atoms with Gasteiger partial charge in [0.2, 0.25) is 0 Å². The van der Waals surface area contributed by atoms with E-state index in [1.807, 2.05) is 29.2 Å². The zero-order valence-electron chi connectivity index (χ0n) is 24.9. The van der Waals surface area contributed by atoms with Gasteiger partial charge >= 0.3 is 0 Å². The molecule has 0 spiro atoms. The number of nitrogens with zero attached hydrogens (tertiary/aromatic N) is 3. The smallest absolute Gasteiger partial charge is 0.254 e. The molecule has 3 aromatic rings. The summed E-state index contributed by atoms with van der Waals surface area (Å²) in [5, 5.41) is 3.62. The number of methoxy groups -OCH3 is 1. The van der Waals surface area contributed by atoms with Crippen LogP contribution in [-0.2, 0) is 17.6 Å². The molecule has 2 bridgehead atoms. The van der Waals surface area contributed by atoms with Crippen LogP contribution in [0.2, 0.25) is 0 Å². The number of carbonyl (C=O) groups excluding carboxylic acids is 2. The normalized spacial score (nSPS) is 26.4. The van der Waals surface area contributed by atoms with Gasteiger partial charge in [-0.1, -0.05) is 20.8 Å². The monoisotopic (exact) mass is 564 g/mol. The molecular weight excluding hydrogens is 524 g/mol. The lowest BCUT2D eigenvalue weighted by atomic mass is 9.43. The van der Waals surface area contributed by atoms with Crippen molar-refractivity contribution in [3.05, 3.63) is 102 Å². The van der Waals surface area contributed by atoms with Gasteiger partial charge < -0.3 is 10.1 Å². The predicted molar refractivity (Wildman–Crippen MR) is 162 cm³/mol. The summed E-state index contributed by atoms with van der Waals surface area (Å²) < 4.78 is 5.27. The SMILES string of the molecule is COc1ccc(C(=O)/C=C2/NC(Cc3ccncc3)(Cc3ccncc3)C(=O)N2CC2CC3CC(C2C)C3(C)C)cc1. The Bertz CT molecular complexity index is 1430. The molecule has 1 N–H and O–H groups in total. The van der Waals surface area contributed by atoms with E-state index in [4.69, 9.17) is 4.74 Å². The third-order valence-corrected chi connectivity index (χ3v) is 10.4. The summed E-state index contributed by atoms with van der Waals surface area (Å²) in [6.07, 6.45) is 12.0. The lowest BCUT2D eigenvalue weighted by molar-refractivity contribution is -0.142. The summed E-state index contributed by atoms with van der Waals surface area (Å²) >= 11 is 0. The minimum absolute atomic E-state index is 0.00983. The van der Waals surface area contributed by atoms with E-state index in [2.05, 4.69) is 36.1 Å². The zero-order valence-corrected chi connectivity index (χ0v) is 24.9. The van der Waals surface area contributed by atoms with Crippen molar-refractivity contribution in [3.8, 4) is 5.75 Å². The van der Waals surface area contributed by atoms with Crippen LogP contribution in [0.5, 0.6) is 5.75 Å². The van der Waals surface area contributed by atoms with Crippen LogP contribution in [0, 0.1) is 29.1 Å². The fourth-order valence-corrected chi connectivity index (χ4v) is 7.72. The summed E-state index contributed by atoms with van der Waals surface area (Å²) in [6.45, 7) is 7.75. The molecule has 2 aromatic heterocycles. The lowest BCUT2D eigenvalue weighted by Crippen LogP contribution is -2.57. The van der Waals surface area contributed by atoms with E-state index in [0.717, 1.165) is 17.5 Å². The quantitative estimate of drug-likeness (QED) is 0.274. The molecule has 4 unspecified atom stereocenters. The second-order valence-electron chi connectivity index (χ2n) is 13.0. The van der Waals surface area contributed by atoms with Crippen molar-refractivity contribution in [2.24, 2.45) is 29.1 Å². The third kappa shape index (κ3) is 5.10. The van der Waals surface area contributed by atoms with Crippen LogP contribution < -0.4 is 10.1 Å². The number of ketones is 1. The van der Waals surface area contributed by atoms with Crippen molar-refractivity contribution in [2.45, 2.75) is 52.0 Å². The summed E-state index contributed by atoms with van der Waals surface area (Å²) in [4.78, 5) is 38.5. The predicted octanol–water partition coefficient (Wildman–Crippen LogP) is 5.48. The van der Waals surface area contributed by atoms with Crippen molar-refractivity contribution < 1.29 is 14.3 Å². The van der Waals surface area contributed by atoms with Gasteiger partial charge in [0.05, 0.1) is 7.11 Å². The van der Waals surface area contributed by atoms with E-state index in [1.54, 1.807) is 62.2 Å². The minimum Gasteiger partial charge on any atom is -0.497 e. The van der Waals surface area contributed by atoms with E-state index in [1.165, 1.54) is 6.42 Å². The zero-order chi connectivity index (χ0) is 29.5. The Morgan fingerprint density at radius 3 is 2.10 bits per heavy atom. The standard InChI is InChI=1S/C35H40N4O3/c1-23-27(17-28-18-30(23)34(28,2)3)22-39-32(19-31(40)26-5-7-29(42-4)8-6-26)38-35(33(39)41,20-24-9-13-36-14-10-24)21-25-11-15-37-16-12-25/h5-16,19,23,27-28,30,38H,17-18,20-22H2,1-4H3/b32-19-. The largest absolute Gasteiger partial charge is 0.497 e. The Kier molecular flexibility index (Phi) is 7.37. The maximum atomic E-state index is 14.7. The topological polar surface area (TPSA) is 84.4 Å². The number of nitrogens with one attached hydrogen (secondary N) is 1. The number of aromatic nitrogens is 2. The van der Waals surface area contributed by atoms with Gasteiger partial charge in [0.25, 0.3) is 5.91 Å².